The van der Waals surface area contributed by atoms with Crippen molar-refractivity contribution >= 4 is 7.92 Å². The van der Waals surface area contributed by atoms with Crippen LogP contribution < -0.4 is 0 Å². The fourth-order valence-corrected chi connectivity index (χ4v) is 6.26. The van der Waals surface area contributed by atoms with E-state index in [1.54, 1.807) is 0 Å². The zero-order chi connectivity index (χ0) is 7.05. The van der Waals surface area contributed by atoms with Crippen molar-refractivity contribution in [3.63, 3.8) is 0 Å². The Morgan fingerprint density at radius 3 is 3.09 bits per heavy atom. The van der Waals surface area contributed by atoms with Gasteiger partial charge in [-0.1, -0.05) is 7.92 Å². The Labute approximate surface area is 67.7 Å². The van der Waals surface area contributed by atoms with Crippen LogP contribution in [0.1, 0.15) is 0 Å². The van der Waals surface area contributed by atoms with Crippen molar-refractivity contribution in [2.24, 2.45) is 0 Å². The molecule has 0 aromatic heterocycles. The maximum Gasteiger partial charge on any atom is 0.0943 e. The molecule has 4 heteroatoms. The van der Waals surface area contributed by atoms with Gasteiger partial charge in [-0.25, -0.2) is 0 Å². The van der Waals surface area contributed by atoms with Crippen molar-refractivity contribution in [1.82, 2.24) is 14.7 Å². The van der Waals surface area contributed by atoms with Crippen molar-refractivity contribution < 1.29 is 0 Å². The first-order valence-electron chi connectivity index (χ1n) is 4.32. The second-order valence-electron chi connectivity index (χ2n) is 4.29. The lowest BCUT2D eigenvalue weighted by Crippen LogP contribution is -2.70. The van der Waals surface area contributed by atoms with Crippen molar-refractivity contribution in [1.29, 1.82) is 0 Å². The van der Waals surface area contributed by atoms with Crippen molar-refractivity contribution in [3.8, 4) is 0 Å². The zero-order valence-corrected chi connectivity index (χ0v) is 7.43. The van der Waals surface area contributed by atoms with Gasteiger partial charge in [0.2, 0.25) is 0 Å². The Balaban J connectivity index is 1.89. The third-order valence-corrected chi connectivity index (χ3v) is 6.11. The van der Waals surface area contributed by atoms with Crippen LogP contribution in [0.15, 0.2) is 0 Å². The van der Waals surface area contributed by atoms with Gasteiger partial charge in [0.15, 0.2) is 0 Å². The number of rotatable bonds is 0. The molecule has 4 aliphatic heterocycles. The van der Waals surface area contributed by atoms with Gasteiger partial charge in [-0.2, -0.15) is 0 Å². The Morgan fingerprint density at radius 2 is 2.09 bits per heavy atom. The van der Waals surface area contributed by atoms with E-state index < -0.39 is 0 Å². The summed E-state index contributed by atoms with van der Waals surface area (Å²) >= 11 is 0. The topological polar surface area (TPSA) is 9.72 Å². The molecule has 1 spiro atoms. The molecule has 11 heavy (non-hydrogen) atoms. The summed E-state index contributed by atoms with van der Waals surface area (Å²) in [5.74, 6) is 0. The van der Waals surface area contributed by atoms with Crippen LogP contribution in [0.2, 0.25) is 0 Å². The third-order valence-electron chi connectivity index (χ3n) is 3.61. The summed E-state index contributed by atoms with van der Waals surface area (Å²) in [5, 5.41) is 0. The van der Waals surface area contributed by atoms with Gasteiger partial charge < -0.3 is 0 Å². The molecule has 4 heterocycles. The monoisotopic (exact) mass is 169 g/mol. The second-order valence-corrected chi connectivity index (χ2v) is 6.51. The van der Waals surface area contributed by atoms with E-state index in [1.807, 2.05) is 0 Å². The fraction of sp³-hybridized carbons (Fsp3) is 1.00. The molecular weight excluding hydrogens is 157 g/mol. The van der Waals surface area contributed by atoms with Crippen LogP contribution in [0.3, 0.4) is 0 Å². The average Bonchev–Trinajstić information content (AvgIpc) is 2.28. The highest BCUT2D eigenvalue weighted by molar-refractivity contribution is 7.58. The Morgan fingerprint density at radius 1 is 1.09 bits per heavy atom. The minimum absolute atomic E-state index is 0.392. The van der Waals surface area contributed by atoms with Gasteiger partial charge in [0.1, 0.15) is 0 Å². The van der Waals surface area contributed by atoms with E-state index in [1.165, 1.54) is 38.6 Å². The minimum atomic E-state index is 0.392. The molecule has 3 unspecified atom stereocenters. The molecule has 0 saturated carbocycles. The molecule has 0 aromatic rings. The fourth-order valence-electron chi connectivity index (χ4n) is 3.17. The van der Waals surface area contributed by atoms with E-state index in [9.17, 15) is 0 Å². The molecule has 0 amide bonds. The lowest BCUT2D eigenvalue weighted by molar-refractivity contribution is -0.126. The predicted octanol–water partition coefficient (Wildman–Crippen LogP) is -0.0450. The minimum Gasteiger partial charge on any atom is -0.283 e. The highest BCUT2D eigenvalue weighted by Crippen LogP contribution is 2.60. The summed E-state index contributed by atoms with van der Waals surface area (Å²) in [6.07, 6.45) is 4.41. The number of hydrogen-bond donors (Lipinski definition) is 0. The summed E-state index contributed by atoms with van der Waals surface area (Å²) < 4.78 is 0. The number of hydrogen-bond acceptors (Lipinski definition) is 3. The van der Waals surface area contributed by atoms with Gasteiger partial charge in [-0.15, -0.1) is 0 Å². The van der Waals surface area contributed by atoms with Gasteiger partial charge in [0.25, 0.3) is 0 Å². The van der Waals surface area contributed by atoms with Gasteiger partial charge in [0, 0.05) is 25.3 Å². The highest BCUT2D eigenvalue weighted by Gasteiger charge is 2.64. The van der Waals surface area contributed by atoms with Crippen LogP contribution in [0, 0.1) is 0 Å². The summed E-state index contributed by atoms with van der Waals surface area (Å²) in [5.41, 5.74) is 0.587. The lowest BCUT2D eigenvalue weighted by Gasteiger charge is -2.52. The molecule has 3 atom stereocenters. The smallest absolute Gasteiger partial charge is 0.0943 e. The van der Waals surface area contributed by atoms with E-state index in [0.29, 0.717) is 13.6 Å². The summed E-state index contributed by atoms with van der Waals surface area (Å²) in [6, 6.07) is 0. The van der Waals surface area contributed by atoms with Crippen LogP contribution in [0.5, 0.6) is 0 Å². The van der Waals surface area contributed by atoms with Gasteiger partial charge in [-0.05, 0) is 0 Å². The van der Waals surface area contributed by atoms with Crippen LogP contribution >= 0.6 is 7.92 Å². The molecule has 3 nitrogen and oxygen atoms in total. The van der Waals surface area contributed by atoms with E-state index in [-0.39, 0.29) is 0 Å². The van der Waals surface area contributed by atoms with E-state index in [0.717, 1.165) is 0 Å². The van der Waals surface area contributed by atoms with Crippen molar-refractivity contribution in [2.45, 2.75) is 5.66 Å². The largest absolute Gasteiger partial charge is 0.283 e. The van der Waals surface area contributed by atoms with Gasteiger partial charge in [0.05, 0.1) is 19.0 Å². The van der Waals surface area contributed by atoms with Gasteiger partial charge in [-0.3, -0.25) is 14.7 Å². The second kappa shape index (κ2) is 1.51. The van der Waals surface area contributed by atoms with Crippen molar-refractivity contribution in [3.05, 3.63) is 0 Å². The first-order valence-corrected chi connectivity index (χ1v) is 6.21. The molecule has 60 valence electrons. The molecule has 4 rings (SSSR count). The zero-order valence-electron chi connectivity index (χ0n) is 6.53. The van der Waals surface area contributed by atoms with Crippen molar-refractivity contribution in [2.75, 3.05) is 38.6 Å². The normalized spacial score (nSPS) is 60.0. The molecule has 0 N–H and O–H groups in total. The van der Waals surface area contributed by atoms with Crippen LogP contribution in [-0.2, 0) is 0 Å². The van der Waals surface area contributed by atoms with Gasteiger partial charge >= 0.3 is 0 Å². The molecule has 3 bridgehead atoms. The van der Waals surface area contributed by atoms with Crippen LogP contribution in [-0.4, -0.2) is 59.0 Å². The first kappa shape index (κ1) is 5.87. The molecule has 4 saturated heterocycles. The molecule has 4 fully saturated rings. The number of fused-ring (bicyclic) bond motifs is 2. The molecule has 0 aliphatic carbocycles. The quantitative estimate of drug-likeness (QED) is 0.471. The van der Waals surface area contributed by atoms with E-state index in [4.69, 9.17) is 0 Å². The molecule has 0 aromatic carbocycles. The molecule has 4 aliphatic rings. The summed E-state index contributed by atoms with van der Waals surface area (Å²) in [7, 11) is 0.392. The SMILES string of the molecule is C1N2CP3CN4CN1C4(C2)C3. The lowest BCUT2D eigenvalue weighted by atomic mass is 10.1. The first-order chi connectivity index (χ1) is 5.37. The third kappa shape index (κ3) is 0.485. The molecule has 0 radical (unpaired) electrons. The Kier molecular flexibility index (Phi) is 0.807. The molecular formula is C7H12N3P. The van der Waals surface area contributed by atoms with E-state index in [2.05, 4.69) is 14.7 Å². The summed E-state index contributed by atoms with van der Waals surface area (Å²) in [6.45, 7) is 3.90. The maximum atomic E-state index is 2.71. The summed E-state index contributed by atoms with van der Waals surface area (Å²) in [4.78, 5) is 8.04. The standard InChI is InChI=1S/C7H12N3P/c1-7-2-11-5-8(1)3-9(7)4-10(7)6-11/h1-6H2. The maximum absolute atomic E-state index is 2.71. The number of nitrogens with zero attached hydrogens (tertiary/aromatic N) is 3. The predicted molar refractivity (Wildman–Crippen MR) is 44.4 cm³/mol. The van der Waals surface area contributed by atoms with E-state index >= 15 is 0 Å². The average molecular weight is 169 g/mol. The van der Waals surface area contributed by atoms with Crippen LogP contribution in [0.25, 0.3) is 0 Å². The van der Waals surface area contributed by atoms with Crippen LogP contribution in [0.4, 0.5) is 0 Å². The highest BCUT2D eigenvalue weighted by atomic mass is 31.1. The Hall–Kier alpha value is 0.310. The Bertz CT molecular complexity index is 206.